The molecule has 2 aliphatic heterocycles. The summed E-state index contributed by atoms with van der Waals surface area (Å²) in [5, 5.41) is 1.81. The molecule has 0 aliphatic carbocycles. The van der Waals surface area contributed by atoms with Crippen molar-refractivity contribution >= 4 is 11.8 Å². The molecule has 1 fully saturated rings. The largest absolute Gasteiger partial charge is 0.484 e. The number of aromatic nitrogens is 1. The summed E-state index contributed by atoms with van der Waals surface area (Å²) < 4.78 is 16.8. The van der Waals surface area contributed by atoms with E-state index < -0.39 is 0 Å². The number of ether oxygens (including phenoxy) is 2. The van der Waals surface area contributed by atoms with Gasteiger partial charge < -0.3 is 18.8 Å². The van der Waals surface area contributed by atoms with Crippen molar-refractivity contribution in [2.75, 3.05) is 32.8 Å². The Kier molecular flexibility index (Phi) is 7.52. The van der Waals surface area contributed by atoms with Crippen LogP contribution in [0.2, 0.25) is 0 Å². The zero-order chi connectivity index (χ0) is 25.8. The van der Waals surface area contributed by atoms with E-state index in [0.29, 0.717) is 44.5 Å². The first-order chi connectivity index (χ1) is 18.0. The highest BCUT2D eigenvalue weighted by molar-refractivity contribution is 5.91. The third-order valence-electron chi connectivity index (χ3n) is 6.66. The number of benzene rings is 2. The number of morpholine rings is 1. The Balaban J connectivity index is 1.31. The number of oxazole rings is 1. The van der Waals surface area contributed by atoms with Crippen molar-refractivity contribution in [3.8, 4) is 5.75 Å². The molecule has 0 bridgehead atoms. The van der Waals surface area contributed by atoms with Crippen molar-refractivity contribution in [2.24, 2.45) is 5.92 Å². The van der Waals surface area contributed by atoms with Gasteiger partial charge in [0.25, 0.3) is 5.91 Å². The van der Waals surface area contributed by atoms with E-state index in [-0.39, 0.29) is 36.1 Å². The molecule has 0 radical (unpaired) electrons. The number of carbonyl (C=O) groups is 2. The molecule has 2 amide bonds. The van der Waals surface area contributed by atoms with Crippen LogP contribution in [-0.2, 0) is 22.6 Å². The standard InChI is InChI=1S/C28H32N4O5/c1-19(2)28(34)32-11-10-20-8-9-22(16-23(20)26(32)21-6-4-3-5-7-21)36-18-25-29-24(17-37-25)27(33)30-31-12-14-35-15-13-31/h3-9,16-17,19,26H,10-15,18H2,1-2H3,(H,30,33). The maximum atomic E-state index is 13.1. The van der Waals surface area contributed by atoms with Crippen molar-refractivity contribution in [2.45, 2.75) is 32.9 Å². The Hall–Kier alpha value is -3.69. The van der Waals surface area contributed by atoms with Crippen molar-refractivity contribution in [3.63, 3.8) is 0 Å². The highest BCUT2D eigenvalue weighted by Gasteiger charge is 2.33. The average Bonchev–Trinajstić information content (AvgIpc) is 3.41. The van der Waals surface area contributed by atoms with Gasteiger partial charge in [-0.05, 0) is 35.2 Å². The first-order valence-corrected chi connectivity index (χ1v) is 12.7. The number of carbonyl (C=O) groups excluding carboxylic acids is 2. The molecule has 3 aromatic rings. The number of rotatable bonds is 7. The summed E-state index contributed by atoms with van der Waals surface area (Å²) in [6.07, 6.45) is 2.13. The molecule has 1 unspecified atom stereocenters. The van der Waals surface area contributed by atoms with E-state index in [1.807, 2.05) is 49.1 Å². The Bertz CT molecular complexity index is 1240. The molecule has 9 nitrogen and oxygen atoms in total. The van der Waals surface area contributed by atoms with E-state index in [1.165, 1.54) is 11.8 Å². The quantitative estimate of drug-likeness (QED) is 0.527. The second-order valence-corrected chi connectivity index (χ2v) is 9.57. The summed E-state index contributed by atoms with van der Waals surface area (Å²) >= 11 is 0. The van der Waals surface area contributed by atoms with Crippen LogP contribution in [0.5, 0.6) is 5.75 Å². The lowest BCUT2D eigenvalue weighted by molar-refractivity contribution is -0.136. The van der Waals surface area contributed by atoms with Crippen LogP contribution in [0, 0.1) is 5.92 Å². The first kappa shape index (κ1) is 25.0. The van der Waals surface area contributed by atoms with Gasteiger partial charge in [0, 0.05) is 25.6 Å². The molecule has 3 heterocycles. The predicted octanol–water partition coefficient (Wildman–Crippen LogP) is 3.36. The minimum atomic E-state index is -0.328. The van der Waals surface area contributed by atoms with Crippen LogP contribution in [0.1, 0.15) is 53.0 Å². The van der Waals surface area contributed by atoms with E-state index >= 15 is 0 Å². The van der Waals surface area contributed by atoms with Gasteiger partial charge in [-0.1, -0.05) is 50.2 Å². The lowest BCUT2D eigenvalue weighted by Crippen LogP contribution is -2.48. The number of hydrogen-bond donors (Lipinski definition) is 1. The SMILES string of the molecule is CC(C)C(=O)N1CCc2ccc(OCc3nc(C(=O)NN4CCOCC4)co3)cc2C1c1ccccc1. The van der Waals surface area contributed by atoms with Crippen LogP contribution in [0.3, 0.4) is 0 Å². The lowest BCUT2D eigenvalue weighted by atomic mass is 9.87. The summed E-state index contributed by atoms with van der Waals surface area (Å²) in [7, 11) is 0. The Morgan fingerprint density at radius 1 is 1.11 bits per heavy atom. The third-order valence-corrected chi connectivity index (χ3v) is 6.66. The van der Waals surface area contributed by atoms with Crippen LogP contribution in [0.25, 0.3) is 0 Å². The van der Waals surface area contributed by atoms with Crippen molar-refractivity contribution < 1.29 is 23.5 Å². The van der Waals surface area contributed by atoms with Gasteiger partial charge in [0.1, 0.15) is 12.0 Å². The third kappa shape index (κ3) is 5.68. The van der Waals surface area contributed by atoms with Crippen molar-refractivity contribution in [1.29, 1.82) is 0 Å². The maximum Gasteiger partial charge on any atom is 0.287 e. The van der Waals surface area contributed by atoms with Crippen LogP contribution in [0.4, 0.5) is 0 Å². The summed E-state index contributed by atoms with van der Waals surface area (Å²) in [6, 6.07) is 15.9. The molecule has 9 heteroatoms. The number of fused-ring (bicyclic) bond motifs is 1. The number of hydrazine groups is 1. The highest BCUT2D eigenvalue weighted by Crippen LogP contribution is 2.38. The molecule has 194 valence electrons. The fraction of sp³-hybridized carbons (Fsp3) is 0.393. The minimum Gasteiger partial charge on any atom is -0.484 e. The van der Waals surface area contributed by atoms with Gasteiger partial charge in [0.15, 0.2) is 12.3 Å². The molecular weight excluding hydrogens is 472 g/mol. The van der Waals surface area contributed by atoms with Gasteiger partial charge in [0.05, 0.1) is 19.3 Å². The number of nitrogens with zero attached hydrogens (tertiary/aromatic N) is 3. The number of amides is 2. The van der Waals surface area contributed by atoms with E-state index in [2.05, 4.69) is 28.6 Å². The van der Waals surface area contributed by atoms with Crippen molar-refractivity contribution in [1.82, 2.24) is 20.3 Å². The monoisotopic (exact) mass is 504 g/mol. The number of hydrogen-bond acceptors (Lipinski definition) is 7. The average molecular weight is 505 g/mol. The molecule has 2 aromatic carbocycles. The van der Waals surface area contributed by atoms with Gasteiger partial charge in [-0.25, -0.2) is 9.99 Å². The van der Waals surface area contributed by atoms with Gasteiger partial charge >= 0.3 is 0 Å². The molecule has 37 heavy (non-hydrogen) atoms. The van der Waals surface area contributed by atoms with Crippen LogP contribution in [0.15, 0.2) is 59.2 Å². The second-order valence-electron chi connectivity index (χ2n) is 9.57. The van der Waals surface area contributed by atoms with E-state index in [0.717, 1.165) is 17.5 Å². The molecule has 5 rings (SSSR count). The Morgan fingerprint density at radius 3 is 2.65 bits per heavy atom. The molecule has 1 aromatic heterocycles. The Labute approximate surface area is 216 Å². The normalized spacial score (nSPS) is 17.9. The first-order valence-electron chi connectivity index (χ1n) is 12.7. The topological polar surface area (TPSA) is 97.1 Å². The maximum absolute atomic E-state index is 13.1. The van der Waals surface area contributed by atoms with Crippen LogP contribution in [-0.4, -0.2) is 59.6 Å². The summed E-state index contributed by atoms with van der Waals surface area (Å²) in [5.41, 5.74) is 6.34. The number of nitrogens with one attached hydrogen (secondary N) is 1. The van der Waals surface area contributed by atoms with Crippen molar-refractivity contribution in [3.05, 3.63) is 83.1 Å². The van der Waals surface area contributed by atoms with Gasteiger partial charge in [0.2, 0.25) is 11.8 Å². The lowest BCUT2D eigenvalue weighted by Gasteiger charge is -2.39. The fourth-order valence-corrected chi connectivity index (χ4v) is 4.75. The van der Waals surface area contributed by atoms with Crippen LogP contribution >= 0.6 is 0 Å². The highest BCUT2D eigenvalue weighted by atomic mass is 16.5. The summed E-state index contributed by atoms with van der Waals surface area (Å²) in [6.45, 7) is 7.03. The molecular formula is C28H32N4O5. The molecule has 1 atom stereocenters. The van der Waals surface area contributed by atoms with E-state index in [9.17, 15) is 9.59 Å². The smallest absolute Gasteiger partial charge is 0.287 e. The molecule has 0 saturated carbocycles. The van der Waals surface area contributed by atoms with E-state index in [1.54, 1.807) is 5.01 Å². The minimum absolute atomic E-state index is 0.0776. The Morgan fingerprint density at radius 2 is 1.89 bits per heavy atom. The molecule has 0 spiro atoms. The van der Waals surface area contributed by atoms with Crippen LogP contribution < -0.4 is 10.2 Å². The second kappa shape index (κ2) is 11.1. The zero-order valence-electron chi connectivity index (χ0n) is 21.2. The summed E-state index contributed by atoms with van der Waals surface area (Å²) in [4.78, 5) is 31.8. The van der Waals surface area contributed by atoms with Gasteiger partial charge in [-0.3, -0.25) is 15.0 Å². The predicted molar refractivity (Wildman–Crippen MR) is 136 cm³/mol. The molecule has 1 saturated heterocycles. The van der Waals surface area contributed by atoms with E-state index in [4.69, 9.17) is 13.9 Å². The summed E-state index contributed by atoms with van der Waals surface area (Å²) in [5.74, 6) is 0.670. The molecule has 1 N–H and O–H groups in total. The van der Waals surface area contributed by atoms with Gasteiger partial charge in [-0.15, -0.1) is 0 Å². The molecule has 2 aliphatic rings. The zero-order valence-corrected chi connectivity index (χ0v) is 21.2. The fourth-order valence-electron chi connectivity index (χ4n) is 4.75. The van der Waals surface area contributed by atoms with Gasteiger partial charge in [-0.2, -0.15) is 0 Å².